The second-order valence-electron chi connectivity index (χ2n) is 6.55. The van der Waals surface area contributed by atoms with Crippen LogP contribution in [0, 0.1) is 0 Å². The Morgan fingerprint density at radius 2 is 1.78 bits per heavy atom. The molecule has 0 spiro atoms. The van der Waals surface area contributed by atoms with Gasteiger partial charge in [-0.15, -0.1) is 0 Å². The minimum Gasteiger partial charge on any atom is -0.430 e. The van der Waals surface area contributed by atoms with Crippen molar-refractivity contribution in [2.75, 3.05) is 26.3 Å². The summed E-state index contributed by atoms with van der Waals surface area (Å²) in [6, 6.07) is 0. The van der Waals surface area contributed by atoms with E-state index in [9.17, 15) is 22.8 Å². The molecule has 0 aromatic heterocycles. The third-order valence-corrected chi connectivity index (χ3v) is 6.78. The van der Waals surface area contributed by atoms with E-state index in [-0.39, 0.29) is 19.3 Å². The zero-order chi connectivity index (χ0) is 20.0. The first-order chi connectivity index (χ1) is 12.8. The summed E-state index contributed by atoms with van der Waals surface area (Å²) in [7, 11) is -3.55. The summed E-state index contributed by atoms with van der Waals surface area (Å²) in [6.07, 6.45) is -0.836. The van der Waals surface area contributed by atoms with Crippen LogP contribution in [0.3, 0.4) is 0 Å². The van der Waals surface area contributed by atoms with Gasteiger partial charge in [0, 0.05) is 32.4 Å². The van der Waals surface area contributed by atoms with E-state index in [0.29, 0.717) is 44.2 Å². The lowest BCUT2D eigenvalue weighted by Gasteiger charge is -2.31. The molecule has 2 unspecified atom stereocenters. The van der Waals surface area contributed by atoms with Crippen LogP contribution in [0.4, 0.5) is 4.79 Å². The summed E-state index contributed by atoms with van der Waals surface area (Å²) < 4.78 is 37.4. The Bertz CT molecular complexity index is 643. The third-order valence-electron chi connectivity index (χ3n) is 4.43. The Labute approximate surface area is 158 Å². The zero-order valence-electron chi connectivity index (χ0n) is 15.6. The lowest BCUT2D eigenvalue weighted by molar-refractivity contribution is -0.178. The number of ether oxygens (including phenoxy) is 2. The van der Waals surface area contributed by atoms with Crippen molar-refractivity contribution in [2.24, 2.45) is 0 Å². The number of morpholine rings is 1. The second-order valence-corrected chi connectivity index (χ2v) is 8.77. The average molecular weight is 406 g/mol. The van der Waals surface area contributed by atoms with Crippen molar-refractivity contribution in [3.63, 3.8) is 0 Å². The van der Waals surface area contributed by atoms with Crippen LogP contribution >= 0.6 is 0 Å². The van der Waals surface area contributed by atoms with E-state index in [0.717, 1.165) is 0 Å². The number of carbonyl (C=O) groups excluding carboxylic acids is 3. The van der Waals surface area contributed by atoms with E-state index in [1.54, 1.807) is 6.92 Å². The van der Waals surface area contributed by atoms with Gasteiger partial charge >= 0.3 is 6.16 Å². The summed E-state index contributed by atoms with van der Waals surface area (Å²) in [6.45, 7) is 4.75. The molecule has 2 fully saturated rings. The van der Waals surface area contributed by atoms with E-state index >= 15 is 0 Å². The van der Waals surface area contributed by atoms with Crippen LogP contribution in [0.2, 0.25) is 0 Å². The van der Waals surface area contributed by atoms with Crippen LogP contribution in [0.5, 0.6) is 0 Å². The molecule has 2 saturated heterocycles. The highest BCUT2D eigenvalue weighted by molar-refractivity contribution is 7.89. The van der Waals surface area contributed by atoms with Crippen LogP contribution in [-0.4, -0.2) is 73.4 Å². The Morgan fingerprint density at radius 1 is 1.19 bits per heavy atom. The topological polar surface area (TPSA) is 120 Å². The Kier molecular flexibility index (Phi) is 7.57. The first-order valence-electron chi connectivity index (χ1n) is 9.06. The molecule has 0 aliphatic carbocycles. The van der Waals surface area contributed by atoms with Gasteiger partial charge in [0.1, 0.15) is 6.10 Å². The largest absolute Gasteiger partial charge is 0.534 e. The molecule has 154 valence electrons. The van der Waals surface area contributed by atoms with Gasteiger partial charge in [0.15, 0.2) is 0 Å². The zero-order valence-corrected chi connectivity index (χ0v) is 16.4. The Hall–Kier alpha value is -1.72. The van der Waals surface area contributed by atoms with Gasteiger partial charge in [0.2, 0.25) is 10.0 Å². The third kappa shape index (κ3) is 5.63. The average Bonchev–Trinajstić information content (AvgIpc) is 2.94. The van der Waals surface area contributed by atoms with Crippen molar-refractivity contribution in [3.8, 4) is 0 Å². The van der Waals surface area contributed by atoms with E-state index in [1.807, 2.05) is 6.92 Å². The van der Waals surface area contributed by atoms with Crippen molar-refractivity contribution in [1.29, 1.82) is 0 Å². The van der Waals surface area contributed by atoms with E-state index in [4.69, 9.17) is 9.47 Å². The van der Waals surface area contributed by atoms with Gasteiger partial charge in [0.05, 0.1) is 18.5 Å². The van der Waals surface area contributed by atoms with Gasteiger partial charge in [-0.2, -0.15) is 4.31 Å². The molecule has 27 heavy (non-hydrogen) atoms. The van der Waals surface area contributed by atoms with Gasteiger partial charge in [-0.25, -0.2) is 13.2 Å². The predicted octanol–water partition coefficient (Wildman–Crippen LogP) is 0.813. The monoisotopic (exact) mass is 406 g/mol. The summed E-state index contributed by atoms with van der Waals surface area (Å²) in [4.78, 5) is 39.4. The van der Waals surface area contributed by atoms with Gasteiger partial charge in [-0.1, -0.05) is 18.4 Å². The minimum absolute atomic E-state index is 0.0158. The maximum Gasteiger partial charge on any atom is 0.534 e. The lowest BCUT2D eigenvalue weighted by Crippen LogP contribution is -2.46. The number of amides is 2. The Morgan fingerprint density at radius 3 is 2.33 bits per heavy atom. The molecule has 0 aromatic rings. The maximum atomic E-state index is 12.9. The van der Waals surface area contributed by atoms with Gasteiger partial charge in [-0.05, 0) is 13.3 Å². The van der Waals surface area contributed by atoms with E-state index < -0.39 is 39.3 Å². The molecule has 2 aliphatic heterocycles. The minimum atomic E-state index is -3.55. The SMILES string of the molecule is CCCC(CC(C)OC(=O)ON1C(=O)CCC1=O)S(=O)(=O)N1CCOCC1. The summed E-state index contributed by atoms with van der Waals surface area (Å²) in [5, 5.41) is -0.318. The number of nitrogens with zero attached hydrogens (tertiary/aromatic N) is 2. The number of imide groups is 1. The molecule has 2 aliphatic rings. The summed E-state index contributed by atoms with van der Waals surface area (Å²) >= 11 is 0. The molecule has 0 radical (unpaired) electrons. The molecule has 2 amide bonds. The van der Waals surface area contributed by atoms with Crippen molar-refractivity contribution in [3.05, 3.63) is 0 Å². The highest BCUT2D eigenvalue weighted by Crippen LogP contribution is 2.22. The number of hydrogen-bond donors (Lipinski definition) is 0. The fourth-order valence-electron chi connectivity index (χ4n) is 3.06. The first kappa shape index (κ1) is 21.6. The molecular formula is C16H26N2O8S. The molecular weight excluding hydrogens is 380 g/mol. The molecule has 2 atom stereocenters. The molecule has 2 rings (SSSR count). The van der Waals surface area contributed by atoms with Crippen molar-refractivity contribution < 1.29 is 37.1 Å². The van der Waals surface area contributed by atoms with Crippen molar-refractivity contribution >= 4 is 28.0 Å². The normalized spacial score (nSPS) is 21.2. The molecule has 11 heteroatoms. The van der Waals surface area contributed by atoms with E-state index in [2.05, 4.69) is 4.84 Å². The maximum absolute atomic E-state index is 12.9. The van der Waals surface area contributed by atoms with Crippen LogP contribution < -0.4 is 0 Å². The van der Waals surface area contributed by atoms with Crippen LogP contribution in [-0.2, 0) is 33.9 Å². The summed E-state index contributed by atoms with van der Waals surface area (Å²) in [5.74, 6) is -1.22. The highest BCUT2D eigenvalue weighted by Gasteiger charge is 2.36. The molecule has 0 N–H and O–H groups in total. The summed E-state index contributed by atoms with van der Waals surface area (Å²) in [5.41, 5.74) is 0. The number of hydroxylamine groups is 2. The fourth-order valence-corrected chi connectivity index (χ4v) is 5.19. The molecule has 10 nitrogen and oxygen atoms in total. The second kappa shape index (κ2) is 9.47. The first-order valence-corrected chi connectivity index (χ1v) is 10.6. The highest BCUT2D eigenvalue weighted by atomic mass is 32.2. The van der Waals surface area contributed by atoms with Crippen molar-refractivity contribution in [2.45, 2.75) is 57.3 Å². The Balaban J connectivity index is 1.93. The number of sulfonamides is 1. The quantitative estimate of drug-likeness (QED) is 0.429. The van der Waals surface area contributed by atoms with Gasteiger partial charge < -0.3 is 9.47 Å². The molecule has 0 bridgehead atoms. The predicted molar refractivity (Wildman–Crippen MR) is 92.7 cm³/mol. The number of hydrogen-bond acceptors (Lipinski definition) is 8. The van der Waals surface area contributed by atoms with Gasteiger partial charge in [0.25, 0.3) is 11.8 Å². The van der Waals surface area contributed by atoms with Crippen LogP contribution in [0.25, 0.3) is 0 Å². The molecule has 0 saturated carbocycles. The van der Waals surface area contributed by atoms with Crippen molar-refractivity contribution in [1.82, 2.24) is 9.37 Å². The fraction of sp³-hybridized carbons (Fsp3) is 0.812. The standard InChI is InChI=1S/C16H26N2O8S/c1-3-4-13(27(22,23)17-7-9-24-10-8-17)11-12(2)25-16(21)26-18-14(19)5-6-15(18)20/h12-13H,3-11H2,1-2H3. The van der Waals surface area contributed by atoms with Gasteiger partial charge in [-0.3, -0.25) is 14.4 Å². The molecule has 0 aromatic carbocycles. The van der Waals surface area contributed by atoms with Crippen LogP contribution in [0.1, 0.15) is 46.0 Å². The smallest absolute Gasteiger partial charge is 0.430 e. The number of rotatable bonds is 8. The molecule has 2 heterocycles. The lowest BCUT2D eigenvalue weighted by atomic mass is 10.1. The number of carbonyl (C=O) groups is 3. The van der Waals surface area contributed by atoms with Crippen LogP contribution in [0.15, 0.2) is 0 Å². The van der Waals surface area contributed by atoms with E-state index in [1.165, 1.54) is 4.31 Å².